The van der Waals surface area contributed by atoms with Crippen LogP contribution in [0.2, 0.25) is 0 Å². The Morgan fingerprint density at radius 2 is 1.37 bits per heavy atom. The molecule has 0 fully saturated rings. The molecule has 0 saturated carbocycles. The number of hydrogen-bond donors (Lipinski definition) is 1. The van der Waals surface area contributed by atoms with E-state index in [-0.39, 0.29) is 13.2 Å². The van der Waals surface area contributed by atoms with Crippen LogP contribution in [0, 0.1) is 6.92 Å². The fourth-order valence-electron chi connectivity index (χ4n) is 5.65. The summed E-state index contributed by atoms with van der Waals surface area (Å²) in [5.74, 6) is -0.391. The van der Waals surface area contributed by atoms with Crippen molar-refractivity contribution in [3.63, 3.8) is 0 Å². The zero-order valence-corrected chi connectivity index (χ0v) is 26.3. The molecule has 0 aliphatic rings. The Morgan fingerprint density at radius 1 is 0.721 bits per heavy atom. The first-order valence-corrected chi connectivity index (χ1v) is 15.7. The van der Waals surface area contributed by atoms with Crippen LogP contribution < -0.4 is 0 Å². The maximum absolute atomic E-state index is 12.1. The Labute approximate surface area is 258 Å². The lowest BCUT2D eigenvalue weighted by atomic mass is 9.89. The quantitative estimate of drug-likeness (QED) is 0.0926. The van der Waals surface area contributed by atoms with Gasteiger partial charge in [0.2, 0.25) is 0 Å². The van der Waals surface area contributed by atoms with Gasteiger partial charge in [0.1, 0.15) is 6.61 Å². The number of aliphatic hydroxyl groups is 1. The second kappa shape index (κ2) is 15.5. The fraction of sp³-hybridized carbons (Fsp3) is 0.325. The van der Waals surface area contributed by atoms with Crippen LogP contribution in [0.4, 0.5) is 0 Å². The molecular formula is C40H46O3. The maximum Gasteiger partial charge on any atom is 0.333 e. The first-order chi connectivity index (χ1) is 20.8. The summed E-state index contributed by atoms with van der Waals surface area (Å²) >= 11 is 0. The summed E-state index contributed by atoms with van der Waals surface area (Å²) < 4.78 is 5.51. The summed E-state index contributed by atoms with van der Waals surface area (Å²) in [5, 5.41) is 9.37. The van der Waals surface area contributed by atoms with Crippen LogP contribution in [0.3, 0.4) is 0 Å². The minimum absolute atomic E-state index is 0.125. The molecule has 4 rings (SSSR count). The molecule has 3 heteroatoms. The highest BCUT2D eigenvalue weighted by atomic mass is 16.5. The average Bonchev–Trinajstić information content (AvgIpc) is 3.02. The number of carbonyl (C=O) groups is 1. The molecule has 4 aromatic carbocycles. The van der Waals surface area contributed by atoms with Crippen molar-refractivity contribution in [2.75, 3.05) is 6.61 Å². The normalized spacial score (nSPS) is 11.0. The molecule has 0 radical (unpaired) electrons. The van der Waals surface area contributed by atoms with Crippen LogP contribution in [-0.4, -0.2) is 17.7 Å². The number of carbonyl (C=O) groups excluding carboxylic acids is 1. The van der Waals surface area contributed by atoms with E-state index in [2.05, 4.69) is 106 Å². The van der Waals surface area contributed by atoms with Crippen molar-refractivity contribution in [1.82, 2.24) is 0 Å². The van der Waals surface area contributed by atoms with Crippen molar-refractivity contribution < 1.29 is 14.6 Å². The molecule has 0 spiro atoms. The van der Waals surface area contributed by atoms with Crippen molar-refractivity contribution in [3.05, 3.63) is 119 Å². The standard InChI is InChI=1S/C40H46O3/c1-6-8-9-11-30-13-15-33(16-14-30)34-19-21-38(29(5)24-34)35-20-22-39(31(7-2)25-35)36-18-17-32(12-10-23-41)37(26-36)27-43-40(42)28(3)4/h13-22,24-26,41H,3,6-12,23,27H2,1-2,4-5H3. The van der Waals surface area contributed by atoms with E-state index in [1.54, 1.807) is 6.92 Å². The Hall–Kier alpha value is -3.95. The Balaban J connectivity index is 1.59. The third-order valence-electron chi connectivity index (χ3n) is 8.21. The van der Waals surface area contributed by atoms with Crippen LogP contribution in [0.1, 0.15) is 74.3 Å². The molecule has 0 saturated heterocycles. The fourth-order valence-corrected chi connectivity index (χ4v) is 5.65. The number of benzene rings is 4. The molecule has 0 atom stereocenters. The van der Waals surface area contributed by atoms with E-state index >= 15 is 0 Å². The van der Waals surface area contributed by atoms with Crippen LogP contribution in [0.25, 0.3) is 33.4 Å². The summed E-state index contributed by atoms with van der Waals surface area (Å²) in [6.07, 6.45) is 7.24. The average molecular weight is 575 g/mol. The number of unbranched alkanes of at least 4 members (excludes halogenated alkanes) is 2. The molecular weight excluding hydrogens is 528 g/mol. The largest absolute Gasteiger partial charge is 0.457 e. The van der Waals surface area contributed by atoms with E-state index in [1.165, 1.54) is 63.8 Å². The molecule has 4 aromatic rings. The van der Waals surface area contributed by atoms with Crippen LogP contribution in [0.15, 0.2) is 91.0 Å². The van der Waals surface area contributed by atoms with Gasteiger partial charge < -0.3 is 9.84 Å². The second-order valence-corrected chi connectivity index (χ2v) is 11.6. The van der Waals surface area contributed by atoms with Gasteiger partial charge in [-0.2, -0.15) is 0 Å². The highest BCUT2D eigenvalue weighted by Crippen LogP contribution is 2.34. The van der Waals surface area contributed by atoms with E-state index in [0.29, 0.717) is 12.0 Å². The Bertz CT molecular complexity index is 1550. The molecule has 224 valence electrons. The molecule has 43 heavy (non-hydrogen) atoms. The molecule has 0 amide bonds. The SMILES string of the molecule is C=C(C)C(=O)OCc1cc(-c2ccc(-c3ccc(-c4ccc(CCCCC)cc4)cc3C)cc2CC)ccc1CCCO. The van der Waals surface area contributed by atoms with Gasteiger partial charge in [0, 0.05) is 12.2 Å². The van der Waals surface area contributed by atoms with Gasteiger partial charge in [-0.25, -0.2) is 4.79 Å². The third kappa shape index (κ3) is 8.33. The minimum Gasteiger partial charge on any atom is -0.457 e. The zero-order chi connectivity index (χ0) is 30.8. The van der Waals surface area contributed by atoms with Crippen molar-refractivity contribution >= 4 is 5.97 Å². The predicted octanol–water partition coefficient (Wildman–Crippen LogP) is 9.84. The molecule has 0 heterocycles. The van der Waals surface area contributed by atoms with Gasteiger partial charge >= 0.3 is 5.97 Å². The Morgan fingerprint density at radius 3 is 2.05 bits per heavy atom. The maximum atomic E-state index is 12.1. The lowest BCUT2D eigenvalue weighted by Crippen LogP contribution is -2.07. The van der Waals surface area contributed by atoms with Crippen molar-refractivity contribution in [2.45, 2.75) is 79.2 Å². The number of esters is 1. The molecule has 0 unspecified atom stereocenters. The van der Waals surface area contributed by atoms with E-state index < -0.39 is 5.97 Å². The Kier molecular flexibility index (Phi) is 11.5. The lowest BCUT2D eigenvalue weighted by Gasteiger charge is -2.16. The van der Waals surface area contributed by atoms with Crippen molar-refractivity contribution in [2.24, 2.45) is 0 Å². The van der Waals surface area contributed by atoms with Gasteiger partial charge in [-0.3, -0.25) is 0 Å². The molecule has 3 nitrogen and oxygen atoms in total. The van der Waals surface area contributed by atoms with Crippen LogP contribution >= 0.6 is 0 Å². The number of aliphatic hydroxyl groups excluding tert-OH is 1. The first-order valence-electron chi connectivity index (χ1n) is 15.7. The highest BCUT2D eigenvalue weighted by molar-refractivity contribution is 5.87. The molecule has 1 N–H and O–H groups in total. The van der Waals surface area contributed by atoms with Gasteiger partial charge in [0.15, 0.2) is 0 Å². The number of aryl methyl sites for hydroxylation is 4. The van der Waals surface area contributed by atoms with E-state index in [9.17, 15) is 9.90 Å². The van der Waals surface area contributed by atoms with E-state index in [1.807, 2.05) is 0 Å². The minimum atomic E-state index is -0.391. The lowest BCUT2D eigenvalue weighted by molar-refractivity contribution is -0.140. The van der Waals surface area contributed by atoms with Crippen molar-refractivity contribution in [1.29, 1.82) is 0 Å². The van der Waals surface area contributed by atoms with Crippen LogP contribution in [-0.2, 0) is 35.4 Å². The summed E-state index contributed by atoms with van der Waals surface area (Å²) in [4.78, 5) is 12.1. The second-order valence-electron chi connectivity index (χ2n) is 11.6. The van der Waals surface area contributed by atoms with Gasteiger partial charge in [-0.1, -0.05) is 106 Å². The molecule has 0 aliphatic heterocycles. The highest BCUT2D eigenvalue weighted by Gasteiger charge is 2.13. The van der Waals surface area contributed by atoms with Crippen LogP contribution in [0.5, 0.6) is 0 Å². The summed E-state index contributed by atoms with van der Waals surface area (Å²) in [7, 11) is 0. The number of hydrogen-bond acceptors (Lipinski definition) is 3. The van der Waals surface area contributed by atoms with Crippen molar-refractivity contribution in [3.8, 4) is 33.4 Å². The van der Waals surface area contributed by atoms with Gasteiger partial charge in [0.25, 0.3) is 0 Å². The van der Waals surface area contributed by atoms with Gasteiger partial charge in [-0.05, 0) is 113 Å². The van der Waals surface area contributed by atoms with Gasteiger partial charge in [-0.15, -0.1) is 0 Å². The summed E-state index contributed by atoms with van der Waals surface area (Å²) in [5.41, 5.74) is 13.6. The molecule has 0 aliphatic carbocycles. The van der Waals surface area contributed by atoms with E-state index in [0.717, 1.165) is 36.0 Å². The molecule has 0 bridgehead atoms. The number of ether oxygens (including phenoxy) is 1. The topological polar surface area (TPSA) is 46.5 Å². The summed E-state index contributed by atoms with van der Waals surface area (Å²) in [6.45, 7) is 12.3. The van der Waals surface area contributed by atoms with Gasteiger partial charge in [0.05, 0.1) is 0 Å². The smallest absolute Gasteiger partial charge is 0.333 e. The van der Waals surface area contributed by atoms with E-state index in [4.69, 9.17) is 4.74 Å². The monoisotopic (exact) mass is 574 g/mol. The summed E-state index contributed by atoms with van der Waals surface area (Å²) in [6, 6.07) is 28.9. The number of rotatable bonds is 14. The molecule has 0 aromatic heterocycles. The third-order valence-corrected chi connectivity index (χ3v) is 8.21. The predicted molar refractivity (Wildman–Crippen MR) is 180 cm³/mol. The first kappa shape index (κ1) is 32.0. The zero-order valence-electron chi connectivity index (χ0n) is 26.3.